The fourth-order valence-electron chi connectivity index (χ4n) is 2.61. The largest absolute Gasteiger partial charge is 0.472 e. The molecule has 1 N–H and O–H groups in total. The second-order valence-corrected chi connectivity index (χ2v) is 6.99. The van der Waals surface area contributed by atoms with E-state index in [1.54, 1.807) is 0 Å². The van der Waals surface area contributed by atoms with E-state index in [-0.39, 0.29) is 0 Å². The van der Waals surface area contributed by atoms with Crippen molar-refractivity contribution < 1.29 is 4.74 Å². The minimum atomic E-state index is -0.524. The average molecular weight is 350 g/mol. The number of hydrogen-bond donors (Lipinski definition) is 1. The number of nitrogens with zero attached hydrogens (tertiary/aromatic N) is 1. The summed E-state index contributed by atoms with van der Waals surface area (Å²) >= 11 is 5.36. The summed E-state index contributed by atoms with van der Waals surface area (Å²) in [4.78, 5) is 5.21. The van der Waals surface area contributed by atoms with Gasteiger partial charge in [-0.2, -0.15) is 0 Å². The second-order valence-electron chi connectivity index (χ2n) is 6.50. The van der Waals surface area contributed by atoms with Crippen molar-refractivity contribution in [3.05, 3.63) is 78.3 Å². The lowest BCUT2D eigenvalue weighted by atomic mass is 10.1. The molecule has 0 fully saturated rings. The summed E-state index contributed by atoms with van der Waals surface area (Å²) in [6.45, 7) is 4.67. The molecule has 128 valence electrons. The van der Waals surface area contributed by atoms with Gasteiger partial charge in [0.2, 0.25) is 0 Å². The number of rotatable bonds is 6. The molecule has 0 aliphatic heterocycles. The van der Waals surface area contributed by atoms with Crippen molar-refractivity contribution in [3.63, 3.8) is 0 Å². The molecule has 0 bridgehead atoms. The first kappa shape index (κ1) is 17.5. The summed E-state index contributed by atoms with van der Waals surface area (Å²) in [5, 5.41) is 3.44. The topological polar surface area (TPSA) is 34.2 Å². The molecule has 4 heteroatoms. The maximum absolute atomic E-state index is 6.06. The molecular formula is C21H22N2OS. The minimum Gasteiger partial charge on any atom is -0.472 e. The van der Waals surface area contributed by atoms with Gasteiger partial charge in [0.25, 0.3) is 0 Å². The van der Waals surface area contributed by atoms with E-state index in [4.69, 9.17) is 17.0 Å². The zero-order valence-electron chi connectivity index (χ0n) is 14.5. The zero-order valence-corrected chi connectivity index (χ0v) is 15.3. The number of benzene rings is 1. The van der Waals surface area contributed by atoms with Crippen LogP contribution in [0.25, 0.3) is 11.1 Å². The number of nitrogens with one attached hydrogen (secondary N) is 1. The van der Waals surface area contributed by atoms with Gasteiger partial charge in [0.05, 0.1) is 4.86 Å². The van der Waals surface area contributed by atoms with Crippen molar-refractivity contribution in [2.45, 2.75) is 32.5 Å². The van der Waals surface area contributed by atoms with Crippen LogP contribution in [0.3, 0.4) is 0 Å². The lowest BCUT2D eigenvalue weighted by Gasteiger charge is -2.30. The SMILES string of the molecule is CC(C)(NCc1cncc(-c2ccccc2)c1)OC1=CC=CCC1=S. The third kappa shape index (κ3) is 4.84. The van der Waals surface area contributed by atoms with Crippen LogP contribution in [-0.2, 0) is 11.3 Å². The molecular weight excluding hydrogens is 328 g/mol. The molecule has 25 heavy (non-hydrogen) atoms. The molecule has 0 amide bonds. The lowest BCUT2D eigenvalue weighted by molar-refractivity contribution is 0.0125. The Morgan fingerprint density at radius 3 is 2.72 bits per heavy atom. The average Bonchev–Trinajstić information content (AvgIpc) is 2.63. The normalized spacial score (nSPS) is 14.3. The maximum Gasteiger partial charge on any atom is 0.155 e. The Labute approximate surface area is 154 Å². The van der Waals surface area contributed by atoms with Crippen molar-refractivity contribution >= 4 is 17.1 Å². The lowest BCUT2D eigenvalue weighted by Crippen LogP contribution is -2.42. The first-order valence-corrected chi connectivity index (χ1v) is 8.78. The predicted molar refractivity (Wildman–Crippen MR) is 106 cm³/mol. The summed E-state index contributed by atoms with van der Waals surface area (Å²) < 4.78 is 6.06. The number of thiocarbonyl (C=S) groups is 1. The smallest absolute Gasteiger partial charge is 0.155 e. The van der Waals surface area contributed by atoms with Gasteiger partial charge < -0.3 is 4.74 Å². The van der Waals surface area contributed by atoms with Gasteiger partial charge >= 0.3 is 0 Å². The molecule has 0 saturated carbocycles. The highest BCUT2D eigenvalue weighted by atomic mass is 32.1. The molecule has 0 atom stereocenters. The van der Waals surface area contributed by atoms with E-state index in [1.807, 2.05) is 62.7 Å². The predicted octanol–water partition coefficient (Wildman–Crippen LogP) is 4.80. The van der Waals surface area contributed by atoms with Crippen LogP contribution in [0.5, 0.6) is 0 Å². The first-order valence-electron chi connectivity index (χ1n) is 8.37. The molecule has 0 saturated heterocycles. The molecule has 3 rings (SSSR count). The van der Waals surface area contributed by atoms with Gasteiger partial charge in [-0.05, 0) is 37.1 Å². The van der Waals surface area contributed by atoms with Gasteiger partial charge in [0.15, 0.2) is 5.72 Å². The number of allylic oxidation sites excluding steroid dienone is 4. The highest BCUT2D eigenvalue weighted by Crippen LogP contribution is 2.21. The van der Waals surface area contributed by atoms with E-state index < -0.39 is 5.72 Å². The molecule has 1 aliphatic rings. The van der Waals surface area contributed by atoms with Gasteiger partial charge in [-0.1, -0.05) is 54.7 Å². The molecule has 0 spiro atoms. The quantitative estimate of drug-likeness (QED) is 0.599. The van der Waals surface area contributed by atoms with Crippen LogP contribution in [0.4, 0.5) is 0 Å². The number of ether oxygens (including phenoxy) is 1. The molecule has 0 radical (unpaired) electrons. The van der Waals surface area contributed by atoms with Gasteiger partial charge in [-0.25, -0.2) is 0 Å². The standard InChI is InChI=1S/C21H22N2OS/c1-21(2,24-19-10-6-7-11-20(19)25)23-14-16-12-18(15-22-13-16)17-8-4-3-5-9-17/h3-10,12-13,15,23H,11,14H2,1-2H3. The Morgan fingerprint density at radius 1 is 1.16 bits per heavy atom. The van der Waals surface area contributed by atoms with Crippen LogP contribution in [0.1, 0.15) is 25.8 Å². The van der Waals surface area contributed by atoms with Crippen LogP contribution in [-0.4, -0.2) is 15.6 Å². The van der Waals surface area contributed by atoms with Crippen molar-refractivity contribution in [2.75, 3.05) is 0 Å². The van der Waals surface area contributed by atoms with Crippen molar-refractivity contribution in [1.82, 2.24) is 10.3 Å². The van der Waals surface area contributed by atoms with Gasteiger partial charge in [-0.15, -0.1) is 0 Å². The number of aromatic nitrogens is 1. The van der Waals surface area contributed by atoms with Crippen LogP contribution >= 0.6 is 12.2 Å². The summed E-state index contributed by atoms with van der Waals surface area (Å²) in [5.41, 5.74) is 2.86. The molecule has 0 unspecified atom stereocenters. The monoisotopic (exact) mass is 350 g/mol. The van der Waals surface area contributed by atoms with E-state index in [2.05, 4.69) is 28.5 Å². The van der Waals surface area contributed by atoms with Crippen LogP contribution < -0.4 is 5.32 Å². The molecule has 1 aromatic carbocycles. The number of hydrogen-bond acceptors (Lipinski definition) is 4. The third-order valence-electron chi connectivity index (χ3n) is 3.95. The van der Waals surface area contributed by atoms with E-state index in [1.165, 1.54) is 0 Å². The van der Waals surface area contributed by atoms with Gasteiger partial charge in [0.1, 0.15) is 5.76 Å². The fraction of sp³-hybridized carbons (Fsp3) is 0.238. The molecule has 1 heterocycles. The minimum absolute atomic E-state index is 0.524. The van der Waals surface area contributed by atoms with Gasteiger partial charge in [0, 0.05) is 30.9 Å². The summed E-state index contributed by atoms with van der Waals surface area (Å²) in [6.07, 6.45) is 10.5. The Kier molecular flexibility index (Phi) is 5.41. The van der Waals surface area contributed by atoms with E-state index in [0.29, 0.717) is 6.54 Å². The third-order valence-corrected chi connectivity index (χ3v) is 4.31. The highest BCUT2D eigenvalue weighted by Gasteiger charge is 2.22. The summed E-state index contributed by atoms with van der Waals surface area (Å²) in [5.74, 6) is 0.770. The molecule has 2 aromatic rings. The highest BCUT2D eigenvalue weighted by molar-refractivity contribution is 7.80. The maximum atomic E-state index is 6.06. The summed E-state index contributed by atoms with van der Waals surface area (Å²) in [6, 6.07) is 12.4. The second kappa shape index (κ2) is 7.72. The Balaban J connectivity index is 1.65. The first-order chi connectivity index (χ1) is 12.0. The van der Waals surface area contributed by atoms with E-state index >= 15 is 0 Å². The Hall–Kier alpha value is -2.30. The Morgan fingerprint density at radius 2 is 1.96 bits per heavy atom. The fourth-order valence-corrected chi connectivity index (χ4v) is 2.82. The van der Waals surface area contributed by atoms with Crippen LogP contribution in [0.15, 0.2) is 72.8 Å². The van der Waals surface area contributed by atoms with E-state index in [0.717, 1.165) is 33.7 Å². The van der Waals surface area contributed by atoms with Crippen LogP contribution in [0.2, 0.25) is 0 Å². The van der Waals surface area contributed by atoms with Crippen molar-refractivity contribution in [1.29, 1.82) is 0 Å². The molecule has 1 aliphatic carbocycles. The van der Waals surface area contributed by atoms with Crippen molar-refractivity contribution in [3.8, 4) is 11.1 Å². The summed E-state index contributed by atoms with van der Waals surface area (Å²) in [7, 11) is 0. The molecule has 3 nitrogen and oxygen atoms in total. The Bertz CT molecular complexity index is 810. The van der Waals surface area contributed by atoms with Crippen molar-refractivity contribution in [2.24, 2.45) is 0 Å². The number of pyridine rings is 1. The van der Waals surface area contributed by atoms with Crippen LogP contribution in [0, 0.1) is 0 Å². The zero-order chi connectivity index (χ0) is 17.7. The molecule has 1 aromatic heterocycles. The van der Waals surface area contributed by atoms with E-state index in [9.17, 15) is 0 Å². The van der Waals surface area contributed by atoms with Gasteiger partial charge in [-0.3, -0.25) is 10.3 Å².